The van der Waals surface area contributed by atoms with Crippen molar-refractivity contribution >= 4 is 17.4 Å². The van der Waals surface area contributed by atoms with Crippen LogP contribution in [0.2, 0.25) is 0 Å². The fourth-order valence-electron chi connectivity index (χ4n) is 1.09. The largest absolute Gasteiger partial charge is 0.441 e. The lowest BCUT2D eigenvalue weighted by Crippen LogP contribution is -2.10. The number of alkyl halides is 3. The second kappa shape index (κ2) is 5.66. The normalized spacial score (nSPS) is 10.9. The maximum absolute atomic E-state index is 11.8. The van der Waals surface area contributed by atoms with E-state index in [9.17, 15) is 13.2 Å². The maximum atomic E-state index is 11.8. The molecule has 1 aromatic carbocycles. The van der Waals surface area contributed by atoms with E-state index in [0.29, 0.717) is 11.3 Å². The van der Waals surface area contributed by atoms with Gasteiger partial charge in [-0.05, 0) is 23.9 Å². The van der Waals surface area contributed by atoms with Gasteiger partial charge < -0.3 is 5.32 Å². The quantitative estimate of drug-likeness (QED) is 0.828. The van der Waals surface area contributed by atoms with Crippen LogP contribution < -0.4 is 5.32 Å². The highest BCUT2D eigenvalue weighted by Gasteiger charge is 2.27. The molecular formula is C10H9F3N2S. The molecule has 0 aliphatic heterocycles. The number of halogens is 3. The molecule has 0 unspecified atom stereocenters. The van der Waals surface area contributed by atoms with E-state index in [-0.39, 0.29) is 24.1 Å². The third-order valence-corrected chi connectivity index (χ3v) is 2.47. The van der Waals surface area contributed by atoms with Crippen LogP contribution in [0.3, 0.4) is 0 Å². The van der Waals surface area contributed by atoms with E-state index in [1.54, 1.807) is 24.3 Å². The Hall–Kier alpha value is -1.35. The second-order valence-electron chi connectivity index (χ2n) is 2.88. The van der Waals surface area contributed by atoms with Crippen molar-refractivity contribution < 1.29 is 13.2 Å². The molecule has 0 aromatic heterocycles. The number of thioether (sulfide) groups is 1. The first-order chi connectivity index (χ1) is 7.53. The summed E-state index contributed by atoms with van der Waals surface area (Å²) in [4.78, 5) is 0. The number of hydrogen-bond acceptors (Lipinski definition) is 3. The van der Waals surface area contributed by atoms with Crippen LogP contribution in [-0.2, 0) is 0 Å². The zero-order valence-electron chi connectivity index (χ0n) is 8.21. The van der Waals surface area contributed by atoms with Crippen LogP contribution >= 0.6 is 11.8 Å². The molecule has 0 atom stereocenters. The summed E-state index contributed by atoms with van der Waals surface area (Å²) in [7, 11) is 0. The molecule has 6 heteroatoms. The highest BCUT2D eigenvalue weighted by atomic mass is 32.2. The van der Waals surface area contributed by atoms with E-state index in [0.717, 1.165) is 0 Å². The van der Waals surface area contributed by atoms with E-state index in [1.165, 1.54) is 0 Å². The second-order valence-corrected chi connectivity index (χ2v) is 4.04. The van der Waals surface area contributed by atoms with Gasteiger partial charge >= 0.3 is 5.51 Å². The predicted molar refractivity (Wildman–Crippen MR) is 58.2 cm³/mol. The molecule has 2 nitrogen and oxygen atoms in total. The van der Waals surface area contributed by atoms with Crippen LogP contribution in [0.5, 0.6) is 0 Å². The van der Waals surface area contributed by atoms with Crippen molar-refractivity contribution in [2.24, 2.45) is 0 Å². The van der Waals surface area contributed by atoms with Gasteiger partial charge in [-0.15, -0.1) is 0 Å². The van der Waals surface area contributed by atoms with Gasteiger partial charge in [0, 0.05) is 12.3 Å². The van der Waals surface area contributed by atoms with Gasteiger partial charge in [0.15, 0.2) is 0 Å². The summed E-state index contributed by atoms with van der Waals surface area (Å²) in [6.07, 6.45) is 0. The highest BCUT2D eigenvalue weighted by molar-refractivity contribution is 8.00. The smallest absolute Gasteiger partial charge is 0.383 e. The van der Waals surface area contributed by atoms with Crippen LogP contribution in [0.1, 0.15) is 5.56 Å². The lowest BCUT2D eigenvalue weighted by atomic mass is 10.2. The number of nitrogens with one attached hydrogen (secondary N) is 1. The lowest BCUT2D eigenvalue weighted by Gasteiger charge is -2.08. The number of hydrogen-bond donors (Lipinski definition) is 1. The van der Waals surface area contributed by atoms with E-state index in [4.69, 9.17) is 5.26 Å². The molecule has 0 bridgehead atoms. The molecule has 0 amide bonds. The van der Waals surface area contributed by atoms with Gasteiger partial charge in [0.1, 0.15) is 6.07 Å². The average Bonchev–Trinajstić information content (AvgIpc) is 2.23. The van der Waals surface area contributed by atoms with Gasteiger partial charge in [-0.2, -0.15) is 18.4 Å². The molecule has 86 valence electrons. The van der Waals surface area contributed by atoms with Gasteiger partial charge in [-0.3, -0.25) is 0 Å². The lowest BCUT2D eigenvalue weighted by molar-refractivity contribution is -0.0327. The molecule has 0 aliphatic rings. The monoisotopic (exact) mass is 246 g/mol. The van der Waals surface area contributed by atoms with Crippen molar-refractivity contribution in [3.8, 4) is 6.07 Å². The van der Waals surface area contributed by atoms with Gasteiger partial charge in [0.05, 0.1) is 11.3 Å². The molecule has 1 aromatic rings. The zero-order chi connectivity index (χ0) is 12.0. The molecule has 0 aliphatic carbocycles. The summed E-state index contributed by atoms with van der Waals surface area (Å²) in [6.45, 7) is 0.170. The van der Waals surface area contributed by atoms with Crippen molar-refractivity contribution in [1.82, 2.24) is 0 Å². The van der Waals surface area contributed by atoms with Crippen molar-refractivity contribution in [3.63, 3.8) is 0 Å². The molecule has 0 saturated carbocycles. The van der Waals surface area contributed by atoms with E-state index in [1.807, 2.05) is 6.07 Å². The van der Waals surface area contributed by atoms with Crippen LogP contribution in [0, 0.1) is 11.3 Å². The first-order valence-corrected chi connectivity index (χ1v) is 5.45. The summed E-state index contributed by atoms with van der Waals surface area (Å²) in [6, 6.07) is 8.66. The zero-order valence-corrected chi connectivity index (χ0v) is 9.03. The minimum atomic E-state index is -4.20. The third-order valence-electron chi connectivity index (χ3n) is 1.73. The molecule has 0 spiro atoms. The Morgan fingerprint density at radius 3 is 2.62 bits per heavy atom. The van der Waals surface area contributed by atoms with Gasteiger partial charge in [0.25, 0.3) is 0 Å². The van der Waals surface area contributed by atoms with E-state index in [2.05, 4.69) is 5.32 Å². The maximum Gasteiger partial charge on any atom is 0.441 e. The Labute approximate surface area is 95.5 Å². The van der Waals surface area contributed by atoms with Crippen LogP contribution in [-0.4, -0.2) is 17.8 Å². The molecule has 0 fully saturated rings. The molecule has 1 rings (SSSR count). The minimum absolute atomic E-state index is 0.0791. The number of nitriles is 1. The summed E-state index contributed by atoms with van der Waals surface area (Å²) in [5.41, 5.74) is -3.21. The van der Waals surface area contributed by atoms with Gasteiger partial charge in [-0.25, -0.2) is 0 Å². The standard InChI is InChI=1S/C10H9F3N2S/c11-10(12,13)16-6-5-15-9-4-2-1-3-8(9)7-14/h1-4,15H,5-6H2. The highest BCUT2D eigenvalue weighted by Crippen LogP contribution is 2.29. The number of anilines is 1. The Morgan fingerprint density at radius 1 is 1.31 bits per heavy atom. The summed E-state index contributed by atoms with van der Waals surface area (Å²) in [5, 5.41) is 11.5. The van der Waals surface area contributed by atoms with Crippen LogP contribution in [0.15, 0.2) is 24.3 Å². The SMILES string of the molecule is N#Cc1ccccc1NCCSC(F)(F)F. The number of nitrogens with zero attached hydrogens (tertiary/aromatic N) is 1. The Morgan fingerprint density at radius 2 is 2.00 bits per heavy atom. The van der Waals surface area contributed by atoms with E-state index >= 15 is 0 Å². The molecule has 0 heterocycles. The van der Waals surface area contributed by atoms with Gasteiger partial charge in [-0.1, -0.05) is 12.1 Å². The van der Waals surface area contributed by atoms with Crippen molar-refractivity contribution in [3.05, 3.63) is 29.8 Å². The van der Waals surface area contributed by atoms with Crippen LogP contribution in [0.4, 0.5) is 18.9 Å². The third kappa shape index (κ3) is 4.45. The van der Waals surface area contributed by atoms with Crippen LogP contribution in [0.25, 0.3) is 0 Å². The van der Waals surface area contributed by atoms with Crippen molar-refractivity contribution in [2.75, 3.05) is 17.6 Å². The molecular weight excluding hydrogens is 237 g/mol. The minimum Gasteiger partial charge on any atom is -0.383 e. The fraction of sp³-hybridized carbons (Fsp3) is 0.300. The fourth-order valence-corrected chi connectivity index (χ4v) is 1.52. The Balaban J connectivity index is 2.41. The van der Waals surface area contributed by atoms with Crippen molar-refractivity contribution in [1.29, 1.82) is 5.26 Å². The molecule has 0 radical (unpaired) electrons. The predicted octanol–water partition coefficient (Wildman–Crippen LogP) is 3.22. The summed E-state index contributed by atoms with van der Waals surface area (Å²) >= 11 is -0.0791. The van der Waals surface area contributed by atoms with E-state index < -0.39 is 5.51 Å². The summed E-state index contributed by atoms with van der Waals surface area (Å²) in [5.74, 6) is -0.0801. The number of para-hydroxylation sites is 1. The first kappa shape index (κ1) is 12.7. The topological polar surface area (TPSA) is 35.8 Å². The molecule has 1 N–H and O–H groups in total. The number of rotatable bonds is 4. The number of benzene rings is 1. The molecule has 0 saturated heterocycles. The Kier molecular flexibility index (Phi) is 4.50. The van der Waals surface area contributed by atoms with Crippen molar-refractivity contribution in [2.45, 2.75) is 5.51 Å². The average molecular weight is 246 g/mol. The first-order valence-electron chi connectivity index (χ1n) is 4.46. The summed E-state index contributed by atoms with van der Waals surface area (Å²) < 4.78 is 35.4. The van der Waals surface area contributed by atoms with Gasteiger partial charge in [0.2, 0.25) is 0 Å². The Bertz CT molecular complexity index is 384. The molecule has 16 heavy (non-hydrogen) atoms.